The molecule has 1 aromatic heterocycles. The number of benzene rings is 3. The molecule has 0 radical (unpaired) electrons. The average molecular weight is 243 g/mol. The number of aromatic nitrogens is 1. The zero-order chi connectivity index (χ0) is 12.8. The molecule has 0 amide bonds. The SMILES string of the molecule is C=Cc1cccc2ccc3c4ccccc4[nH]c3c12. The van der Waals surface area contributed by atoms with Gasteiger partial charge in [0, 0.05) is 21.7 Å². The van der Waals surface area contributed by atoms with E-state index < -0.39 is 0 Å². The van der Waals surface area contributed by atoms with Crippen LogP contribution in [0, 0.1) is 0 Å². The molecular formula is C18H13N. The Bertz CT molecular complexity index is 928. The third-order valence-corrected chi connectivity index (χ3v) is 3.77. The molecule has 1 N–H and O–H groups in total. The standard InChI is InChI=1S/C18H13N/c1-2-12-6-5-7-13-10-11-15-14-8-3-4-9-16(14)19-18(15)17(12)13/h2-11,19H,1H2. The molecule has 19 heavy (non-hydrogen) atoms. The summed E-state index contributed by atoms with van der Waals surface area (Å²) >= 11 is 0. The molecule has 0 aliphatic rings. The van der Waals surface area contributed by atoms with Crippen molar-refractivity contribution < 1.29 is 0 Å². The molecule has 3 aromatic carbocycles. The van der Waals surface area contributed by atoms with Crippen LogP contribution in [-0.2, 0) is 0 Å². The van der Waals surface area contributed by atoms with Crippen LogP contribution < -0.4 is 0 Å². The Morgan fingerprint density at radius 1 is 0.842 bits per heavy atom. The predicted molar refractivity (Wildman–Crippen MR) is 83.4 cm³/mol. The minimum absolute atomic E-state index is 1.18. The quantitative estimate of drug-likeness (QED) is 0.477. The Hall–Kier alpha value is -2.54. The normalized spacial score (nSPS) is 11.4. The van der Waals surface area contributed by atoms with Crippen LogP contribution in [0.5, 0.6) is 0 Å². The fourth-order valence-corrected chi connectivity index (χ4v) is 2.89. The zero-order valence-corrected chi connectivity index (χ0v) is 10.5. The van der Waals surface area contributed by atoms with Crippen molar-refractivity contribution in [1.82, 2.24) is 4.98 Å². The van der Waals surface area contributed by atoms with E-state index in [4.69, 9.17) is 0 Å². The molecule has 4 rings (SSSR count). The third kappa shape index (κ3) is 1.36. The maximum atomic E-state index is 3.93. The number of hydrogen-bond donors (Lipinski definition) is 1. The molecule has 0 aliphatic heterocycles. The smallest absolute Gasteiger partial charge is 0.0550 e. The van der Waals surface area contributed by atoms with E-state index in [1.165, 1.54) is 38.1 Å². The van der Waals surface area contributed by atoms with E-state index in [1.54, 1.807) is 0 Å². The summed E-state index contributed by atoms with van der Waals surface area (Å²) in [5.74, 6) is 0. The highest BCUT2D eigenvalue weighted by atomic mass is 14.7. The van der Waals surface area contributed by atoms with Crippen molar-refractivity contribution in [2.45, 2.75) is 0 Å². The molecule has 90 valence electrons. The molecule has 0 atom stereocenters. The van der Waals surface area contributed by atoms with Gasteiger partial charge in [-0.15, -0.1) is 0 Å². The van der Waals surface area contributed by atoms with Crippen molar-refractivity contribution in [2.24, 2.45) is 0 Å². The monoisotopic (exact) mass is 243 g/mol. The molecule has 0 saturated carbocycles. The summed E-state index contributed by atoms with van der Waals surface area (Å²) in [5, 5.41) is 5.05. The number of rotatable bonds is 1. The number of aromatic amines is 1. The maximum Gasteiger partial charge on any atom is 0.0550 e. The molecule has 0 saturated heterocycles. The number of hydrogen-bond acceptors (Lipinski definition) is 0. The van der Waals surface area contributed by atoms with Crippen LogP contribution in [0.2, 0.25) is 0 Å². The Morgan fingerprint density at radius 2 is 1.74 bits per heavy atom. The minimum atomic E-state index is 1.18. The molecular weight excluding hydrogens is 230 g/mol. The molecule has 4 aromatic rings. The molecule has 0 unspecified atom stereocenters. The van der Waals surface area contributed by atoms with E-state index >= 15 is 0 Å². The summed E-state index contributed by atoms with van der Waals surface area (Å²) in [7, 11) is 0. The van der Waals surface area contributed by atoms with E-state index in [-0.39, 0.29) is 0 Å². The lowest BCUT2D eigenvalue weighted by Gasteiger charge is -2.03. The third-order valence-electron chi connectivity index (χ3n) is 3.77. The second-order valence-electron chi connectivity index (χ2n) is 4.81. The first-order valence-electron chi connectivity index (χ1n) is 6.43. The molecule has 0 fully saturated rings. The summed E-state index contributed by atoms with van der Waals surface area (Å²) in [6.45, 7) is 3.93. The summed E-state index contributed by atoms with van der Waals surface area (Å²) in [5.41, 5.74) is 3.56. The molecule has 1 nitrogen and oxygen atoms in total. The minimum Gasteiger partial charge on any atom is -0.354 e. The van der Waals surface area contributed by atoms with Gasteiger partial charge in [-0.3, -0.25) is 0 Å². The highest BCUT2D eigenvalue weighted by Crippen LogP contribution is 2.33. The van der Waals surface area contributed by atoms with Gasteiger partial charge in [-0.2, -0.15) is 0 Å². The Kier molecular flexibility index (Phi) is 2.04. The van der Waals surface area contributed by atoms with Crippen molar-refractivity contribution in [3.8, 4) is 0 Å². The summed E-state index contributed by atoms with van der Waals surface area (Å²) in [6.07, 6.45) is 1.92. The summed E-state index contributed by atoms with van der Waals surface area (Å²) in [4.78, 5) is 3.55. The van der Waals surface area contributed by atoms with Crippen LogP contribution in [0.1, 0.15) is 5.56 Å². The van der Waals surface area contributed by atoms with E-state index in [9.17, 15) is 0 Å². The predicted octanol–water partition coefficient (Wildman–Crippen LogP) is 5.12. The second-order valence-corrected chi connectivity index (χ2v) is 4.81. The number of nitrogens with one attached hydrogen (secondary N) is 1. The zero-order valence-electron chi connectivity index (χ0n) is 10.5. The van der Waals surface area contributed by atoms with E-state index in [0.29, 0.717) is 0 Å². The summed E-state index contributed by atoms with van der Waals surface area (Å²) in [6, 6.07) is 19.2. The van der Waals surface area contributed by atoms with Gasteiger partial charge in [-0.05, 0) is 17.0 Å². The lowest BCUT2D eigenvalue weighted by atomic mass is 10.0. The van der Waals surface area contributed by atoms with Crippen molar-refractivity contribution >= 4 is 38.7 Å². The average Bonchev–Trinajstić information content (AvgIpc) is 2.85. The highest BCUT2D eigenvalue weighted by Gasteiger charge is 2.08. The van der Waals surface area contributed by atoms with Gasteiger partial charge in [-0.25, -0.2) is 0 Å². The molecule has 0 spiro atoms. The van der Waals surface area contributed by atoms with Gasteiger partial charge in [0.05, 0.1) is 5.52 Å². The lowest BCUT2D eigenvalue weighted by molar-refractivity contribution is 1.56. The first-order valence-corrected chi connectivity index (χ1v) is 6.43. The van der Waals surface area contributed by atoms with E-state index in [2.05, 4.69) is 66.2 Å². The number of para-hydroxylation sites is 1. The number of fused-ring (bicyclic) bond motifs is 5. The van der Waals surface area contributed by atoms with Crippen LogP contribution in [-0.4, -0.2) is 4.98 Å². The topological polar surface area (TPSA) is 15.8 Å². The van der Waals surface area contributed by atoms with Gasteiger partial charge in [0.1, 0.15) is 0 Å². The van der Waals surface area contributed by atoms with Crippen LogP contribution in [0.25, 0.3) is 38.7 Å². The fraction of sp³-hybridized carbons (Fsp3) is 0. The largest absolute Gasteiger partial charge is 0.354 e. The first kappa shape index (κ1) is 10.4. The fourth-order valence-electron chi connectivity index (χ4n) is 2.89. The van der Waals surface area contributed by atoms with Crippen LogP contribution >= 0.6 is 0 Å². The Labute approximate surface area is 111 Å². The summed E-state index contributed by atoms with van der Waals surface area (Å²) < 4.78 is 0. The van der Waals surface area contributed by atoms with Gasteiger partial charge in [0.15, 0.2) is 0 Å². The molecule has 0 aliphatic carbocycles. The van der Waals surface area contributed by atoms with E-state index in [0.717, 1.165) is 0 Å². The van der Waals surface area contributed by atoms with Gasteiger partial charge < -0.3 is 4.98 Å². The molecule has 1 heteroatoms. The first-order chi connectivity index (χ1) is 9.38. The van der Waals surface area contributed by atoms with Gasteiger partial charge in [-0.1, -0.05) is 61.2 Å². The molecule has 0 bridgehead atoms. The van der Waals surface area contributed by atoms with E-state index in [1.807, 2.05) is 6.08 Å². The maximum absolute atomic E-state index is 3.93. The Morgan fingerprint density at radius 3 is 2.63 bits per heavy atom. The highest BCUT2D eigenvalue weighted by molar-refractivity contribution is 6.18. The van der Waals surface area contributed by atoms with Gasteiger partial charge in [0.2, 0.25) is 0 Å². The van der Waals surface area contributed by atoms with Crippen LogP contribution in [0.15, 0.2) is 61.2 Å². The van der Waals surface area contributed by atoms with Gasteiger partial charge in [0.25, 0.3) is 0 Å². The van der Waals surface area contributed by atoms with Crippen molar-refractivity contribution in [3.63, 3.8) is 0 Å². The van der Waals surface area contributed by atoms with Crippen molar-refractivity contribution in [2.75, 3.05) is 0 Å². The second kappa shape index (κ2) is 3.72. The lowest BCUT2D eigenvalue weighted by Crippen LogP contribution is -1.80. The number of H-pyrrole nitrogens is 1. The Balaban J connectivity index is 2.34. The van der Waals surface area contributed by atoms with Crippen molar-refractivity contribution in [3.05, 3.63) is 66.7 Å². The van der Waals surface area contributed by atoms with Crippen molar-refractivity contribution in [1.29, 1.82) is 0 Å². The van der Waals surface area contributed by atoms with Crippen LogP contribution in [0.3, 0.4) is 0 Å². The van der Waals surface area contributed by atoms with Crippen LogP contribution in [0.4, 0.5) is 0 Å². The molecule has 1 heterocycles. The van der Waals surface area contributed by atoms with Gasteiger partial charge >= 0.3 is 0 Å².